The number of hydrogen-bond acceptors (Lipinski definition) is 4. The van der Waals surface area contributed by atoms with Crippen molar-refractivity contribution in [3.63, 3.8) is 0 Å². The molecule has 6 rings (SSSR count). The number of anilines is 1. The van der Waals surface area contributed by atoms with Crippen molar-refractivity contribution in [1.29, 1.82) is 0 Å². The topological polar surface area (TPSA) is 62.3 Å². The molecule has 35 heavy (non-hydrogen) atoms. The molecule has 4 aliphatic rings. The maximum Gasteiger partial charge on any atom is 0.229 e. The Morgan fingerprint density at radius 1 is 1.20 bits per heavy atom. The molecule has 0 bridgehead atoms. The van der Waals surface area contributed by atoms with Gasteiger partial charge in [0.2, 0.25) is 11.8 Å². The maximum atomic E-state index is 13.6. The number of allylic oxidation sites excluding steroid dienone is 2. The summed E-state index contributed by atoms with van der Waals surface area (Å²) in [5.74, 6) is 2.08. The molecule has 2 heterocycles. The van der Waals surface area contributed by atoms with Crippen LogP contribution < -0.4 is 5.32 Å². The largest absolute Gasteiger partial charge is 0.319 e. The number of piperidine rings is 1. The van der Waals surface area contributed by atoms with Crippen LogP contribution in [0, 0.1) is 34.5 Å². The highest BCUT2D eigenvalue weighted by molar-refractivity contribution is 7.22. The second kappa shape index (κ2) is 8.04. The molecule has 186 valence electrons. The average molecular weight is 512 g/mol. The van der Waals surface area contributed by atoms with Crippen molar-refractivity contribution < 1.29 is 9.59 Å². The summed E-state index contributed by atoms with van der Waals surface area (Å²) in [6.45, 7) is 7.02. The number of likely N-dealkylation sites (tertiary alicyclic amines) is 1. The summed E-state index contributed by atoms with van der Waals surface area (Å²) >= 11 is 7.80. The fraction of sp³-hybridized carbons (Fsp3) is 0.607. The number of amides is 2. The maximum absolute atomic E-state index is 13.6. The van der Waals surface area contributed by atoms with Crippen LogP contribution in [0.25, 0.3) is 10.2 Å². The number of thiazole rings is 1. The van der Waals surface area contributed by atoms with E-state index in [1.54, 1.807) is 0 Å². The predicted octanol–water partition coefficient (Wildman–Crippen LogP) is 6.88. The minimum Gasteiger partial charge on any atom is -0.319 e. The normalized spacial score (nSPS) is 36.7. The molecular weight excluding hydrogens is 478 g/mol. The lowest BCUT2D eigenvalue weighted by molar-refractivity contribution is -0.137. The van der Waals surface area contributed by atoms with Crippen LogP contribution in [0.5, 0.6) is 0 Å². The van der Waals surface area contributed by atoms with Crippen LogP contribution in [0.1, 0.15) is 65.7 Å². The summed E-state index contributed by atoms with van der Waals surface area (Å²) in [5, 5.41) is 4.42. The van der Waals surface area contributed by atoms with Crippen molar-refractivity contribution in [2.24, 2.45) is 34.5 Å². The van der Waals surface area contributed by atoms with Crippen LogP contribution >= 0.6 is 22.9 Å². The molecule has 3 aliphatic carbocycles. The van der Waals surface area contributed by atoms with E-state index in [0.717, 1.165) is 48.7 Å². The number of hydrogen-bond donors (Lipinski definition) is 1. The molecule has 2 amide bonds. The van der Waals surface area contributed by atoms with Crippen LogP contribution in [0.15, 0.2) is 29.5 Å². The highest BCUT2D eigenvalue weighted by atomic mass is 35.5. The van der Waals surface area contributed by atoms with Crippen molar-refractivity contribution in [2.45, 2.75) is 65.7 Å². The number of carbonyl (C=O) groups is 2. The molecule has 5 nitrogen and oxygen atoms in total. The van der Waals surface area contributed by atoms with Gasteiger partial charge in [-0.05, 0) is 80.8 Å². The molecule has 0 spiro atoms. The summed E-state index contributed by atoms with van der Waals surface area (Å²) in [5.41, 5.74) is 3.50. The van der Waals surface area contributed by atoms with E-state index in [1.165, 1.54) is 22.6 Å². The van der Waals surface area contributed by atoms with Gasteiger partial charge >= 0.3 is 0 Å². The number of para-hydroxylation sites is 1. The fourth-order valence-electron chi connectivity index (χ4n) is 8.70. The van der Waals surface area contributed by atoms with Gasteiger partial charge in [-0.1, -0.05) is 48.4 Å². The smallest absolute Gasteiger partial charge is 0.229 e. The Morgan fingerprint density at radius 2 is 2.00 bits per heavy atom. The summed E-state index contributed by atoms with van der Waals surface area (Å²) in [6, 6.07) is 5.75. The van der Waals surface area contributed by atoms with Gasteiger partial charge in [0.15, 0.2) is 5.13 Å². The van der Waals surface area contributed by atoms with E-state index < -0.39 is 0 Å². The van der Waals surface area contributed by atoms with Crippen molar-refractivity contribution >= 4 is 50.1 Å². The van der Waals surface area contributed by atoms with Gasteiger partial charge in [-0.3, -0.25) is 9.59 Å². The quantitative estimate of drug-likeness (QED) is 0.477. The molecule has 6 atom stereocenters. The number of nitrogens with one attached hydrogen (secondary N) is 1. The molecular formula is C28H34ClN3O2S. The van der Waals surface area contributed by atoms with Crippen LogP contribution in [-0.2, 0) is 9.59 Å². The first kappa shape index (κ1) is 23.5. The second-order valence-corrected chi connectivity index (χ2v) is 13.3. The van der Waals surface area contributed by atoms with Crippen LogP contribution in [-0.4, -0.2) is 28.7 Å². The Kier molecular flexibility index (Phi) is 5.39. The Balaban J connectivity index is 1.26. The lowest BCUT2D eigenvalue weighted by Crippen LogP contribution is -2.54. The number of fused-ring (bicyclic) bond motifs is 6. The monoisotopic (exact) mass is 511 g/mol. The summed E-state index contributed by atoms with van der Waals surface area (Å²) in [4.78, 5) is 32.7. The summed E-state index contributed by atoms with van der Waals surface area (Å²) in [7, 11) is 1.97. The lowest BCUT2D eigenvalue weighted by Gasteiger charge is -2.59. The van der Waals surface area contributed by atoms with Crippen molar-refractivity contribution in [3.05, 3.63) is 34.5 Å². The van der Waals surface area contributed by atoms with Gasteiger partial charge in [0, 0.05) is 30.5 Å². The number of halogens is 1. The van der Waals surface area contributed by atoms with E-state index in [2.05, 4.69) is 31.1 Å². The van der Waals surface area contributed by atoms with Gasteiger partial charge in [-0.25, -0.2) is 4.98 Å². The van der Waals surface area contributed by atoms with Crippen LogP contribution in [0.2, 0.25) is 5.02 Å². The number of benzene rings is 1. The van der Waals surface area contributed by atoms with Gasteiger partial charge in [-0.15, -0.1) is 0 Å². The zero-order valence-corrected chi connectivity index (χ0v) is 22.6. The van der Waals surface area contributed by atoms with Gasteiger partial charge in [0.1, 0.15) is 5.52 Å². The van der Waals surface area contributed by atoms with Crippen LogP contribution in [0.4, 0.5) is 5.13 Å². The van der Waals surface area contributed by atoms with Crippen molar-refractivity contribution in [2.75, 3.05) is 12.4 Å². The molecule has 3 fully saturated rings. The van der Waals surface area contributed by atoms with Gasteiger partial charge in [-0.2, -0.15) is 0 Å². The molecule has 0 radical (unpaired) electrons. The first-order valence-corrected chi connectivity index (χ1v) is 14.2. The first-order chi connectivity index (χ1) is 16.6. The summed E-state index contributed by atoms with van der Waals surface area (Å²) < 4.78 is 0.994. The Hall–Kier alpha value is -1.92. The molecule has 1 aromatic heterocycles. The fourth-order valence-corrected chi connectivity index (χ4v) is 9.87. The number of nitrogens with zero attached hydrogens (tertiary/aromatic N) is 2. The van der Waals surface area contributed by atoms with E-state index >= 15 is 0 Å². The Labute approximate surface area is 216 Å². The van der Waals surface area contributed by atoms with E-state index in [1.807, 2.05) is 30.1 Å². The Morgan fingerprint density at radius 3 is 2.77 bits per heavy atom. The van der Waals surface area contributed by atoms with Gasteiger partial charge < -0.3 is 10.2 Å². The zero-order chi connectivity index (χ0) is 24.7. The number of carbonyl (C=O) groups excluding carboxylic acids is 2. The van der Waals surface area contributed by atoms with E-state index in [-0.39, 0.29) is 28.6 Å². The SMILES string of the molecule is CC1=C2N(C)C(=O)CC[C@]2(C)[C@H]2CC[C@]3(C)[C@@H](C(=O)Nc4nc5c(Cl)cccc5s4)CC[C@H]3[C@@H]2C1. The highest BCUT2D eigenvalue weighted by Gasteiger charge is 2.61. The molecule has 1 aromatic carbocycles. The minimum absolute atomic E-state index is 0.00408. The zero-order valence-electron chi connectivity index (χ0n) is 21.0. The average Bonchev–Trinajstić information content (AvgIpc) is 3.38. The van der Waals surface area contributed by atoms with Crippen molar-refractivity contribution in [1.82, 2.24) is 9.88 Å². The summed E-state index contributed by atoms with van der Waals surface area (Å²) in [6.07, 6.45) is 6.90. The van der Waals surface area contributed by atoms with Crippen LogP contribution in [0.3, 0.4) is 0 Å². The lowest BCUT2D eigenvalue weighted by atomic mass is 9.48. The molecule has 2 saturated carbocycles. The highest BCUT2D eigenvalue weighted by Crippen LogP contribution is 2.67. The number of aromatic nitrogens is 1. The standard InChI is InChI=1S/C28H34ClN3O2S/c1-15-14-16-17-8-9-19(25(34)31-26-30-23-20(29)6-5-7-21(23)35-26)27(17,2)12-10-18(16)28(3)13-11-22(33)32(4)24(15)28/h5-7,16-19H,8-14H2,1-4H3,(H,30,31,34)/t16-,17-,18-,19+,27-,28+/m0/s1. The second-order valence-electron chi connectivity index (χ2n) is 11.8. The third-order valence-corrected chi connectivity index (χ3v) is 11.5. The van der Waals surface area contributed by atoms with Gasteiger partial charge in [0.05, 0.1) is 9.72 Å². The molecule has 2 aromatic rings. The van der Waals surface area contributed by atoms with E-state index in [0.29, 0.717) is 34.3 Å². The van der Waals surface area contributed by atoms with E-state index in [9.17, 15) is 9.59 Å². The third-order valence-electron chi connectivity index (χ3n) is 10.2. The molecule has 7 heteroatoms. The van der Waals surface area contributed by atoms with E-state index in [4.69, 9.17) is 11.6 Å². The third kappa shape index (κ3) is 3.35. The Bertz CT molecular complexity index is 1270. The number of rotatable bonds is 2. The van der Waals surface area contributed by atoms with Gasteiger partial charge in [0.25, 0.3) is 0 Å². The first-order valence-electron chi connectivity index (χ1n) is 13.0. The molecule has 0 unspecified atom stereocenters. The van der Waals surface area contributed by atoms with Crippen molar-refractivity contribution in [3.8, 4) is 0 Å². The molecule has 1 saturated heterocycles. The minimum atomic E-state index is 0.00408. The molecule has 1 aliphatic heterocycles. The predicted molar refractivity (Wildman–Crippen MR) is 141 cm³/mol. The molecule has 1 N–H and O–H groups in total.